The Balaban J connectivity index is 1.94. The van der Waals surface area contributed by atoms with Gasteiger partial charge in [-0.25, -0.2) is 0 Å². The molecule has 7 heteroatoms. The molecule has 26 heavy (non-hydrogen) atoms. The van der Waals surface area contributed by atoms with Crippen LogP contribution in [0.1, 0.15) is 20.7 Å². The Morgan fingerprint density at radius 1 is 1.15 bits per heavy atom. The van der Waals surface area contributed by atoms with Crippen molar-refractivity contribution in [1.82, 2.24) is 0 Å². The minimum atomic E-state index is -1.36. The molecule has 2 aromatic carbocycles. The van der Waals surface area contributed by atoms with Crippen LogP contribution in [0.3, 0.4) is 0 Å². The van der Waals surface area contributed by atoms with Gasteiger partial charge in [0, 0.05) is 27.1 Å². The van der Waals surface area contributed by atoms with Crippen LogP contribution in [0, 0.1) is 0 Å². The van der Waals surface area contributed by atoms with Crippen molar-refractivity contribution in [2.45, 2.75) is 0 Å². The van der Waals surface area contributed by atoms with Gasteiger partial charge in [-0.3, -0.25) is 4.79 Å². The van der Waals surface area contributed by atoms with Gasteiger partial charge in [0.15, 0.2) is 0 Å². The quantitative estimate of drug-likeness (QED) is 0.725. The number of benzene rings is 2. The van der Waals surface area contributed by atoms with Gasteiger partial charge in [-0.05, 0) is 35.9 Å². The molecule has 1 aromatic heterocycles. The van der Waals surface area contributed by atoms with Crippen LogP contribution in [0.4, 0.5) is 5.00 Å². The molecule has 1 N–H and O–H groups in total. The summed E-state index contributed by atoms with van der Waals surface area (Å²) in [6.45, 7) is 0. The molecule has 0 aliphatic carbocycles. The van der Waals surface area contributed by atoms with Crippen molar-refractivity contribution in [1.29, 1.82) is 0 Å². The number of halogens is 1. The zero-order chi connectivity index (χ0) is 18.7. The van der Waals surface area contributed by atoms with Gasteiger partial charge >= 0.3 is 0 Å². The molecule has 0 saturated carbocycles. The van der Waals surface area contributed by atoms with Crippen molar-refractivity contribution in [2.75, 3.05) is 12.4 Å². The molecular formula is C19H13ClNO4S-. The number of hydrogen-bond acceptors (Lipinski definition) is 5. The van der Waals surface area contributed by atoms with Crippen molar-refractivity contribution >= 4 is 39.8 Å². The number of anilines is 1. The number of carbonyl (C=O) groups is 2. The third kappa shape index (κ3) is 3.71. The van der Waals surface area contributed by atoms with E-state index in [1.165, 1.54) is 6.07 Å². The lowest BCUT2D eigenvalue weighted by molar-refractivity contribution is -0.254. The van der Waals surface area contributed by atoms with Crippen molar-refractivity contribution in [3.63, 3.8) is 0 Å². The molecule has 0 radical (unpaired) electrons. The third-order valence-electron chi connectivity index (χ3n) is 3.71. The number of carbonyl (C=O) groups excluding carboxylic acids is 2. The summed E-state index contributed by atoms with van der Waals surface area (Å²) < 4.78 is 5.11. The van der Waals surface area contributed by atoms with Crippen LogP contribution in [0.5, 0.6) is 5.75 Å². The second kappa shape index (κ2) is 7.59. The molecule has 0 bridgehead atoms. The zero-order valence-electron chi connectivity index (χ0n) is 13.6. The normalized spacial score (nSPS) is 10.4. The number of hydrogen-bond donors (Lipinski definition) is 1. The summed E-state index contributed by atoms with van der Waals surface area (Å²) >= 11 is 7.01. The number of thiophene rings is 1. The minimum Gasteiger partial charge on any atom is -0.545 e. The van der Waals surface area contributed by atoms with Gasteiger partial charge in [0.2, 0.25) is 0 Å². The van der Waals surface area contributed by atoms with E-state index in [2.05, 4.69) is 5.32 Å². The average molecular weight is 387 g/mol. The predicted octanol–water partition coefficient (Wildman–Crippen LogP) is 3.69. The Morgan fingerprint density at radius 3 is 2.50 bits per heavy atom. The van der Waals surface area contributed by atoms with Gasteiger partial charge in [0.25, 0.3) is 5.91 Å². The Morgan fingerprint density at radius 2 is 1.88 bits per heavy atom. The zero-order valence-corrected chi connectivity index (χ0v) is 15.2. The molecule has 1 heterocycles. The molecule has 0 unspecified atom stereocenters. The summed E-state index contributed by atoms with van der Waals surface area (Å²) in [6.07, 6.45) is 0. The smallest absolute Gasteiger partial charge is 0.256 e. The molecule has 3 aromatic rings. The van der Waals surface area contributed by atoms with Crippen LogP contribution in [-0.4, -0.2) is 19.0 Å². The standard InChI is InChI=1S/C19H14ClNO4S/c1-25-14-7-5-11(6-8-14)15-10-26-18(16(15)19(23)24)21-17(22)12-3-2-4-13(20)9-12/h2-10H,1H3,(H,21,22)(H,23,24)/p-1. The monoisotopic (exact) mass is 386 g/mol. The van der Waals surface area contributed by atoms with Gasteiger partial charge in [0.1, 0.15) is 10.8 Å². The van der Waals surface area contributed by atoms with Crippen LogP contribution in [-0.2, 0) is 0 Å². The maximum absolute atomic E-state index is 12.4. The highest BCUT2D eigenvalue weighted by molar-refractivity contribution is 7.15. The highest BCUT2D eigenvalue weighted by Crippen LogP contribution is 2.36. The molecule has 0 atom stereocenters. The Hall–Kier alpha value is -2.83. The second-order valence-electron chi connectivity index (χ2n) is 5.33. The van der Waals surface area contributed by atoms with Crippen molar-refractivity contribution < 1.29 is 19.4 Å². The first-order valence-electron chi connectivity index (χ1n) is 7.53. The molecule has 0 spiro atoms. The summed E-state index contributed by atoms with van der Waals surface area (Å²) in [6, 6.07) is 13.4. The summed E-state index contributed by atoms with van der Waals surface area (Å²) in [5, 5.41) is 16.6. The van der Waals surface area contributed by atoms with Gasteiger partial charge in [-0.15, -0.1) is 11.3 Å². The Labute approximate surface area is 158 Å². The summed E-state index contributed by atoms with van der Waals surface area (Å²) in [7, 11) is 1.55. The summed E-state index contributed by atoms with van der Waals surface area (Å²) in [5.41, 5.74) is 1.43. The highest BCUT2D eigenvalue weighted by atomic mass is 35.5. The number of methoxy groups -OCH3 is 1. The van der Waals surface area contributed by atoms with Crippen LogP contribution in [0.2, 0.25) is 5.02 Å². The number of rotatable bonds is 5. The van der Waals surface area contributed by atoms with E-state index >= 15 is 0 Å². The molecular weight excluding hydrogens is 374 g/mol. The number of ether oxygens (including phenoxy) is 1. The third-order valence-corrected chi connectivity index (χ3v) is 4.84. The van der Waals surface area contributed by atoms with E-state index in [0.29, 0.717) is 27.5 Å². The fourth-order valence-electron chi connectivity index (χ4n) is 2.44. The molecule has 132 valence electrons. The fourth-order valence-corrected chi connectivity index (χ4v) is 3.58. The van der Waals surface area contributed by atoms with Crippen molar-refractivity contribution in [3.05, 3.63) is 70.1 Å². The van der Waals surface area contributed by atoms with E-state index in [-0.39, 0.29) is 10.6 Å². The average Bonchev–Trinajstić information content (AvgIpc) is 3.05. The first kappa shape index (κ1) is 18.0. The molecule has 0 aliphatic rings. The van der Waals surface area contributed by atoms with E-state index in [1.54, 1.807) is 55.0 Å². The SMILES string of the molecule is COc1ccc(-c2csc(NC(=O)c3cccc(Cl)c3)c2C(=O)[O-])cc1. The van der Waals surface area contributed by atoms with Crippen LogP contribution in [0.25, 0.3) is 11.1 Å². The predicted molar refractivity (Wildman–Crippen MR) is 100 cm³/mol. The Bertz CT molecular complexity index is 966. The summed E-state index contributed by atoms with van der Waals surface area (Å²) in [5.74, 6) is -1.15. The van der Waals surface area contributed by atoms with E-state index in [9.17, 15) is 14.7 Å². The van der Waals surface area contributed by atoms with Gasteiger partial charge in [-0.1, -0.05) is 29.8 Å². The Kier molecular flexibility index (Phi) is 5.25. The molecule has 0 aliphatic heterocycles. The molecule has 5 nitrogen and oxygen atoms in total. The number of carboxylic acids is 1. The van der Waals surface area contributed by atoms with Crippen molar-refractivity contribution in [2.24, 2.45) is 0 Å². The molecule has 3 rings (SSSR count). The van der Waals surface area contributed by atoms with Gasteiger partial charge in [-0.2, -0.15) is 0 Å². The van der Waals surface area contributed by atoms with Gasteiger partial charge in [0.05, 0.1) is 13.1 Å². The second-order valence-corrected chi connectivity index (χ2v) is 6.65. The molecule has 1 amide bonds. The lowest BCUT2D eigenvalue weighted by Gasteiger charge is -2.10. The maximum Gasteiger partial charge on any atom is 0.256 e. The lowest BCUT2D eigenvalue weighted by Crippen LogP contribution is -2.24. The first-order valence-corrected chi connectivity index (χ1v) is 8.79. The highest BCUT2D eigenvalue weighted by Gasteiger charge is 2.17. The number of amides is 1. The van der Waals surface area contributed by atoms with Crippen LogP contribution in [0.15, 0.2) is 53.9 Å². The first-order chi connectivity index (χ1) is 12.5. The molecule has 0 fully saturated rings. The maximum atomic E-state index is 12.4. The number of aromatic carboxylic acids is 1. The van der Waals surface area contributed by atoms with Crippen molar-refractivity contribution in [3.8, 4) is 16.9 Å². The van der Waals surface area contributed by atoms with E-state index in [0.717, 1.165) is 11.3 Å². The number of nitrogens with one attached hydrogen (secondary N) is 1. The van der Waals surface area contributed by atoms with Crippen LogP contribution >= 0.6 is 22.9 Å². The van der Waals surface area contributed by atoms with Crippen LogP contribution < -0.4 is 15.2 Å². The number of carboxylic acid groups (broad SMARTS) is 1. The lowest BCUT2D eigenvalue weighted by atomic mass is 10.0. The topological polar surface area (TPSA) is 78.5 Å². The minimum absolute atomic E-state index is 0.0597. The van der Waals surface area contributed by atoms with E-state index in [1.807, 2.05) is 0 Å². The largest absolute Gasteiger partial charge is 0.545 e. The fraction of sp³-hybridized carbons (Fsp3) is 0.0526. The van der Waals surface area contributed by atoms with Gasteiger partial charge < -0.3 is 20.0 Å². The van der Waals surface area contributed by atoms with E-state index < -0.39 is 11.9 Å². The molecule has 0 saturated heterocycles. The summed E-state index contributed by atoms with van der Waals surface area (Å²) in [4.78, 5) is 24.0. The van der Waals surface area contributed by atoms with E-state index in [4.69, 9.17) is 16.3 Å².